The number of nitrogens with zero attached hydrogens (tertiary/aromatic N) is 2. The molecule has 0 unspecified atom stereocenters. The van der Waals surface area contributed by atoms with E-state index >= 15 is 0 Å². The van der Waals surface area contributed by atoms with E-state index in [0.29, 0.717) is 44.3 Å². The van der Waals surface area contributed by atoms with Crippen molar-refractivity contribution in [2.24, 2.45) is 5.92 Å². The Kier molecular flexibility index (Phi) is 8.13. The summed E-state index contributed by atoms with van der Waals surface area (Å²) >= 11 is 0. The third-order valence-corrected chi connectivity index (χ3v) is 8.10. The summed E-state index contributed by atoms with van der Waals surface area (Å²) in [6.45, 7) is 7.16. The van der Waals surface area contributed by atoms with Crippen molar-refractivity contribution in [3.05, 3.63) is 18.2 Å². The molecule has 1 aliphatic heterocycles. The van der Waals surface area contributed by atoms with Crippen LogP contribution in [0.1, 0.15) is 52.4 Å². The molecule has 0 bridgehead atoms. The number of carbonyl (C=O) groups is 1. The zero-order valence-corrected chi connectivity index (χ0v) is 19.0. The van der Waals surface area contributed by atoms with E-state index in [4.69, 9.17) is 4.74 Å². The summed E-state index contributed by atoms with van der Waals surface area (Å²) in [7, 11) is -3.62. The standard InChI is InChI=1S/C22H35N3O4S/c1-3-24(4-2)21-11-10-19(30(27,28)25-13-15-29-16-14-25)17-20(21)23-22(26)12-9-18-7-5-6-8-18/h10-11,17-18H,3-9,12-16H2,1-2H3,(H,23,26). The van der Waals surface area contributed by atoms with Crippen LogP contribution in [0, 0.1) is 5.92 Å². The van der Waals surface area contributed by atoms with Crippen molar-refractivity contribution >= 4 is 27.3 Å². The van der Waals surface area contributed by atoms with Gasteiger partial charge in [-0.3, -0.25) is 4.79 Å². The van der Waals surface area contributed by atoms with Gasteiger partial charge in [0.25, 0.3) is 0 Å². The summed E-state index contributed by atoms with van der Waals surface area (Å²) < 4.78 is 32.9. The maximum Gasteiger partial charge on any atom is 0.243 e. The number of rotatable bonds is 9. The largest absolute Gasteiger partial charge is 0.379 e. The maximum atomic E-state index is 13.1. The van der Waals surface area contributed by atoms with Gasteiger partial charge in [-0.05, 0) is 44.4 Å². The highest BCUT2D eigenvalue weighted by molar-refractivity contribution is 7.89. The molecule has 1 aromatic carbocycles. The van der Waals surface area contributed by atoms with Crippen LogP contribution in [-0.4, -0.2) is 58.0 Å². The minimum atomic E-state index is -3.62. The molecular weight excluding hydrogens is 402 g/mol. The Morgan fingerprint density at radius 2 is 1.83 bits per heavy atom. The van der Waals surface area contributed by atoms with Crippen LogP contribution in [0.2, 0.25) is 0 Å². The third-order valence-electron chi connectivity index (χ3n) is 6.21. The average Bonchev–Trinajstić information content (AvgIpc) is 3.28. The van der Waals surface area contributed by atoms with Crippen molar-refractivity contribution in [2.75, 3.05) is 49.6 Å². The monoisotopic (exact) mass is 437 g/mol. The van der Waals surface area contributed by atoms with Gasteiger partial charge < -0.3 is 15.0 Å². The number of amides is 1. The molecule has 1 aromatic rings. The molecule has 2 aliphatic rings. The normalized spacial score (nSPS) is 18.5. The van der Waals surface area contributed by atoms with E-state index in [1.54, 1.807) is 12.1 Å². The van der Waals surface area contributed by atoms with Crippen molar-refractivity contribution in [1.82, 2.24) is 4.31 Å². The van der Waals surface area contributed by atoms with Gasteiger partial charge in [-0.1, -0.05) is 25.7 Å². The number of nitrogens with one attached hydrogen (secondary N) is 1. The number of hydrogen-bond acceptors (Lipinski definition) is 5. The van der Waals surface area contributed by atoms with Gasteiger partial charge in [0.2, 0.25) is 15.9 Å². The fourth-order valence-electron chi connectivity index (χ4n) is 4.40. The quantitative estimate of drug-likeness (QED) is 0.640. The summed E-state index contributed by atoms with van der Waals surface area (Å²) in [5.74, 6) is 0.599. The minimum absolute atomic E-state index is 0.0452. The fourth-order valence-corrected chi connectivity index (χ4v) is 5.83. The SMILES string of the molecule is CCN(CC)c1ccc(S(=O)(=O)N2CCOCC2)cc1NC(=O)CCC1CCCC1. The van der Waals surface area contributed by atoms with Crippen LogP contribution >= 0.6 is 0 Å². The number of anilines is 2. The molecule has 3 rings (SSSR count). The van der Waals surface area contributed by atoms with Gasteiger partial charge in [-0.25, -0.2) is 8.42 Å². The highest BCUT2D eigenvalue weighted by atomic mass is 32.2. The Labute approximate surface area is 180 Å². The van der Waals surface area contributed by atoms with Gasteiger partial charge in [0.1, 0.15) is 0 Å². The second-order valence-corrected chi connectivity index (χ2v) is 10.0. The molecule has 7 nitrogen and oxygen atoms in total. The molecule has 2 fully saturated rings. The predicted octanol–water partition coefficient (Wildman–Crippen LogP) is 3.46. The first-order valence-electron chi connectivity index (χ1n) is 11.2. The summed E-state index contributed by atoms with van der Waals surface area (Å²) in [6, 6.07) is 5.07. The number of morpholine rings is 1. The second kappa shape index (κ2) is 10.6. The molecule has 0 radical (unpaired) electrons. The van der Waals surface area contributed by atoms with Crippen molar-refractivity contribution < 1.29 is 17.9 Å². The molecule has 1 saturated heterocycles. The van der Waals surface area contributed by atoms with E-state index in [9.17, 15) is 13.2 Å². The van der Waals surface area contributed by atoms with Crippen LogP contribution in [0.15, 0.2) is 23.1 Å². The average molecular weight is 438 g/mol. The lowest BCUT2D eigenvalue weighted by molar-refractivity contribution is -0.116. The number of benzene rings is 1. The first-order chi connectivity index (χ1) is 14.5. The Hall–Kier alpha value is -1.64. The van der Waals surface area contributed by atoms with Crippen LogP contribution in [0.5, 0.6) is 0 Å². The number of carbonyl (C=O) groups excluding carboxylic acids is 1. The minimum Gasteiger partial charge on any atom is -0.379 e. The Morgan fingerprint density at radius 1 is 1.17 bits per heavy atom. The molecule has 1 N–H and O–H groups in total. The highest BCUT2D eigenvalue weighted by Gasteiger charge is 2.27. The molecule has 0 atom stereocenters. The Morgan fingerprint density at radius 3 is 2.47 bits per heavy atom. The van der Waals surface area contributed by atoms with Crippen molar-refractivity contribution in [3.63, 3.8) is 0 Å². The van der Waals surface area contributed by atoms with Crippen LogP contribution in [0.25, 0.3) is 0 Å². The maximum absolute atomic E-state index is 13.1. The summed E-state index contributed by atoms with van der Waals surface area (Å²) in [5.41, 5.74) is 1.43. The Balaban J connectivity index is 1.81. The zero-order valence-electron chi connectivity index (χ0n) is 18.2. The first-order valence-corrected chi connectivity index (χ1v) is 12.7. The molecule has 8 heteroatoms. The highest BCUT2D eigenvalue weighted by Crippen LogP contribution is 2.32. The van der Waals surface area contributed by atoms with E-state index in [0.717, 1.165) is 25.2 Å². The van der Waals surface area contributed by atoms with E-state index in [1.807, 2.05) is 19.9 Å². The molecule has 168 valence electrons. The summed E-state index contributed by atoms with van der Waals surface area (Å²) in [5, 5.41) is 3.01. The van der Waals surface area contributed by atoms with Crippen molar-refractivity contribution in [1.29, 1.82) is 0 Å². The van der Waals surface area contributed by atoms with E-state index in [2.05, 4.69) is 10.2 Å². The molecular formula is C22H35N3O4S. The summed E-state index contributed by atoms with van der Waals surface area (Å²) in [4.78, 5) is 15.0. The lowest BCUT2D eigenvalue weighted by atomic mass is 10.0. The fraction of sp³-hybridized carbons (Fsp3) is 0.682. The molecule has 0 aromatic heterocycles. The molecule has 30 heavy (non-hydrogen) atoms. The van der Waals surface area contributed by atoms with E-state index in [-0.39, 0.29) is 10.8 Å². The van der Waals surface area contributed by atoms with Gasteiger partial charge in [-0.2, -0.15) is 4.31 Å². The number of hydrogen-bond donors (Lipinski definition) is 1. The smallest absolute Gasteiger partial charge is 0.243 e. The lowest BCUT2D eigenvalue weighted by Crippen LogP contribution is -2.40. The Bertz CT molecular complexity index is 812. The van der Waals surface area contributed by atoms with Crippen LogP contribution in [-0.2, 0) is 19.6 Å². The summed E-state index contributed by atoms with van der Waals surface area (Å²) in [6.07, 6.45) is 6.33. The van der Waals surface area contributed by atoms with Gasteiger partial charge >= 0.3 is 0 Å². The van der Waals surface area contributed by atoms with Gasteiger partial charge in [0, 0.05) is 32.6 Å². The van der Waals surface area contributed by atoms with E-state index in [1.165, 1.54) is 30.0 Å². The first kappa shape index (κ1) is 23.0. The van der Waals surface area contributed by atoms with Crippen molar-refractivity contribution in [3.8, 4) is 0 Å². The van der Waals surface area contributed by atoms with Gasteiger partial charge in [-0.15, -0.1) is 0 Å². The van der Waals surface area contributed by atoms with Crippen molar-refractivity contribution in [2.45, 2.75) is 57.3 Å². The molecule has 1 saturated carbocycles. The molecule has 1 heterocycles. The topological polar surface area (TPSA) is 79.0 Å². The van der Waals surface area contributed by atoms with Crippen LogP contribution in [0.3, 0.4) is 0 Å². The third kappa shape index (κ3) is 5.53. The molecule has 1 aliphatic carbocycles. The van der Waals surface area contributed by atoms with Gasteiger partial charge in [0.05, 0.1) is 29.5 Å². The number of sulfonamides is 1. The lowest BCUT2D eigenvalue weighted by Gasteiger charge is -2.28. The van der Waals surface area contributed by atoms with Crippen LogP contribution < -0.4 is 10.2 Å². The van der Waals surface area contributed by atoms with Crippen LogP contribution in [0.4, 0.5) is 11.4 Å². The molecule has 1 amide bonds. The van der Waals surface area contributed by atoms with Gasteiger partial charge in [0.15, 0.2) is 0 Å². The zero-order chi connectivity index (χ0) is 21.6. The number of ether oxygens (including phenoxy) is 1. The van der Waals surface area contributed by atoms with E-state index < -0.39 is 10.0 Å². The molecule has 0 spiro atoms. The predicted molar refractivity (Wildman–Crippen MR) is 119 cm³/mol. The second-order valence-electron chi connectivity index (χ2n) is 8.11.